The number of carbonyl (C=O) groups excluding carboxylic acids is 4. The Morgan fingerprint density at radius 2 is 1.83 bits per heavy atom. The molecule has 0 aromatic rings. The average Bonchev–Trinajstić information content (AvgIpc) is 2.94. The minimum atomic E-state index is -0.947. The van der Waals surface area contributed by atoms with Crippen LogP contribution in [0.3, 0.4) is 0 Å². The van der Waals surface area contributed by atoms with Crippen molar-refractivity contribution >= 4 is 23.8 Å². The van der Waals surface area contributed by atoms with Crippen LogP contribution in [0.25, 0.3) is 0 Å². The van der Waals surface area contributed by atoms with Gasteiger partial charge in [0.2, 0.25) is 0 Å². The van der Waals surface area contributed by atoms with Gasteiger partial charge in [-0.15, -0.1) is 0 Å². The number of ether oxygens (including phenoxy) is 1. The molecule has 162 valence electrons. The molecule has 3 rings (SSSR count). The highest BCUT2D eigenvalue weighted by Gasteiger charge is 2.55. The minimum Gasteiger partial charge on any atom is -0.451 e. The molecule has 8 heteroatoms. The van der Waals surface area contributed by atoms with Gasteiger partial charge in [-0.2, -0.15) is 0 Å². The number of hydrogen-bond acceptors (Lipinski definition) is 5. The van der Waals surface area contributed by atoms with E-state index in [1.165, 1.54) is 13.3 Å². The van der Waals surface area contributed by atoms with Crippen molar-refractivity contribution in [1.82, 2.24) is 15.1 Å². The summed E-state index contributed by atoms with van der Waals surface area (Å²) in [6.07, 6.45) is 7.72. The smallest absolute Gasteiger partial charge is 0.327 e. The van der Waals surface area contributed by atoms with Crippen molar-refractivity contribution in [2.24, 2.45) is 5.92 Å². The van der Waals surface area contributed by atoms with E-state index in [0.717, 1.165) is 49.8 Å². The molecule has 3 fully saturated rings. The van der Waals surface area contributed by atoms with Crippen molar-refractivity contribution in [3.05, 3.63) is 0 Å². The Kier molecular flexibility index (Phi) is 6.49. The Hall–Kier alpha value is -2.12. The number of esters is 1. The Balaban J connectivity index is 1.56. The van der Waals surface area contributed by atoms with Gasteiger partial charge in [0.1, 0.15) is 12.1 Å². The average molecular weight is 408 g/mol. The van der Waals surface area contributed by atoms with Gasteiger partial charge in [0, 0.05) is 13.1 Å². The molecular weight excluding hydrogens is 374 g/mol. The highest BCUT2D eigenvalue weighted by molar-refractivity contribution is 6.09. The molecule has 8 nitrogen and oxygen atoms in total. The van der Waals surface area contributed by atoms with E-state index in [1.807, 2.05) is 6.92 Å². The summed E-state index contributed by atoms with van der Waals surface area (Å²) in [5, 5.41) is 2.82. The first-order chi connectivity index (χ1) is 13.8. The lowest BCUT2D eigenvalue weighted by Crippen LogP contribution is -2.54. The maximum Gasteiger partial charge on any atom is 0.327 e. The van der Waals surface area contributed by atoms with E-state index in [-0.39, 0.29) is 23.8 Å². The predicted molar refractivity (Wildman–Crippen MR) is 106 cm³/mol. The first-order valence-corrected chi connectivity index (χ1v) is 10.9. The van der Waals surface area contributed by atoms with Gasteiger partial charge >= 0.3 is 12.0 Å². The number of likely N-dealkylation sites (N-methyl/N-ethyl adjacent to an activating group) is 1. The Morgan fingerprint density at radius 1 is 1.17 bits per heavy atom. The quantitative estimate of drug-likeness (QED) is 0.557. The summed E-state index contributed by atoms with van der Waals surface area (Å²) in [5.74, 6) is -1.32. The first-order valence-electron chi connectivity index (χ1n) is 10.9. The minimum absolute atomic E-state index is 0.0263. The van der Waals surface area contributed by atoms with Crippen molar-refractivity contribution in [3.63, 3.8) is 0 Å². The second kappa shape index (κ2) is 8.71. The molecule has 0 aromatic heterocycles. The number of nitrogens with one attached hydrogen (secondary N) is 1. The van der Waals surface area contributed by atoms with E-state index >= 15 is 0 Å². The predicted octanol–water partition coefficient (Wildman–Crippen LogP) is 2.21. The number of carbonyl (C=O) groups is 4. The van der Waals surface area contributed by atoms with Crippen molar-refractivity contribution in [3.8, 4) is 0 Å². The van der Waals surface area contributed by atoms with Gasteiger partial charge in [-0.25, -0.2) is 4.79 Å². The van der Waals surface area contributed by atoms with Crippen molar-refractivity contribution in [2.45, 2.75) is 89.3 Å². The highest BCUT2D eigenvalue weighted by atomic mass is 16.5. The van der Waals surface area contributed by atoms with Crippen LogP contribution in [-0.4, -0.2) is 64.9 Å². The molecule has 2 aliphatic carbocycles. The molecular formula is C21H33N3O5. The van der Waals surface area contributed by atoms with Gasteiger partial charge in [0.25, 0.3) is 11.8 Å². The SMILES string of the molecule is C[C@H](OC(=O)CN1C(=O)N[C@@]2(CCCC[C@H]2C)C1=O)C(=O)N(C)C1CCCCC1. The second-order valence-corrected chi connectivity index (χ2v) is 8.81. The summed E-state index contributed by atoms with van der Waals surface area (Å²) in [7, 11) is 1.74. The zero-order valence-electron chi connectivity index (χ0n) is 17.7. The largest absolute Gasteiger partial charge is 0.451 e. The third-order valence-corrected chi connectivity index (χ3v) is 6.91. The van der Waals surface area contributed by atoms with Gasteiger partial charge < -0.3 is 15.0 Å². The standard InChI is InChI=1S/C21H33N3O5/c1-14-9-7-8-12-21(14)19(27)24(20(28)22-21)13-17(25)29-15(2)18(26)23(3)16-10-5-4-6-11-16/h14-16H,4-13H2,1-3H3,(H,22,28)/t14-,15+,21-/m1/s1. The van der Waals surface area contributed by atoms with Crippen LogP contribution >= 0.6 is 0 Å². The Labute approximate surface area is 172 Å². The van der Waals surface area contributed by atoms with Crippen molar-refractivity contribution in [1.29, 1.82) is 0 Å². The molecule has 1 saturated heterocycles. The number of rotatable bonds is 5. The van der Waals surface area contributed by atoms with E-state index in [1.54, 1.807) is 11.9 Å². The molecule has 3 aliphatic rings. The normalized spacial score (nSPS) is 28.9. The molecule has 4 amide bonds. The molecule has 0 bridgehead atoms. The van der Waals surface area contributed by atoms with E-state index in [4.69, 9.17) is 4.74 Å². The Bertz CT molecular complexity index is 675. The van der Waals surface area contributed by atoms with Gasteiger partial charge in [-0.05, 0) is 38.5 Å². The molecule has 3 atom stereocenters. The molecule has 1 aliphatic heterocycles. The summed E-state index contributed by atoms with van der Waals surface area (Å²) in [5.41, 5.74) is -0.905. The number of imide groups is 1. The zero-order valence-corrected chi connectivity index (χ0v) is 17.7. The van der Waals surface area contributed by atoms with Crippen LogP contribution in [-0.2, 0) is 19.1 Å². The van der Waals surface area contributed by atoms with Crippen LogP contribution in [0, 0.1) is 5.92 Å². The molecule has 1 spiro atoms. The van der Waals surface area contributed by atoms with Crippen LogP contribution < -0.4 is 5.32 Å². The zero-order chi connectivity index (χ0) is 21.2. The van der Waals surface area contributed by atoms with Crippen molar-refractivity contribution < 1.29 is 23.9 Å². The van der Waals surface area contributed by atoms with Crippen molar-refractivity contribution in [2.75, 3.05) is 13.6 Å². The maximum absolute atomic E-state index is 12.9. The van der Waals surface area contributed by atoms with Crippen LogP contribution in [0.1, 0.15) is 71.6 Å². The fraction of sp³-hybridized carbons (Fsp3) is 0.810. The van der Waals surface area contributed by atoms with E-state index in [0.29, 0.717) is 6.42 Å². The second-order valence-electron chi connectivity index (χ2n) is 8.81. The lowest BCUT2D eigenvalue weighted by molar-refractivity contribution is -0.161. The molecule has 0 radical (unpaired) electrons. The third kappa shape index (κ3) is 4.26. The highest BCUT2D eigenvalue weighted by Crippen LogP contribution is 2.38. The maximum atomic E-state index is 12.9. The monoisotopic (exact) mass is 407 g/mol. The lowest BCUT2D eigenvalue weighted by Gasteiger charge is -2.36. The van der Waals surface area contributed by atoms with E-state index in [9.17, 15) is 19.2 Å². The summed E-state index contributed by atoms with van der Waals surface area (Å²) in [4.78, 5) is 52.9. The topological polar surface area (TPSA) is 96.0 Å². The third-order valence-electron chi connectivity index (χ3n) is 6.91. The molecule has 0 aromatic carbocycles. The number of nitrogens with zero attached hydrogens (tertiary/aromatic N) is 2. The Morgan fingerprint density at radius 3 is 2.48 bits per heavy atom. The van der Waals surface area contributed by atoms with Gasteiger partial charge in [0.15, 0.2) is 6.10 Å². The van der Waals surface area contributed by atoms with Crippen LogP contribution in [0.15, 0.2) is 0 Å². The molecule has 1 N–H and O–H groups in total. The van der Waals surface area contributed by atoms with Gasteiger partial charge in [-0.3, -0.25) is 19.3 Å². The van der Waals surface area contributed by atoms with Crippen LogP contribution in [0.2, 0.25) is 0 Å². The molecule has 1 heterocycles. The van der Waals surface area contributed by atoms with Crippen LogP contribution in [0.5, 0.6) is 0 Å². The lowest BCUT2D eigenvalue weighted by atomic mass is 9.73. The van der Waals surface area contributed by atoms with E-state index < -0.39 is 30.2 Å². The fourth-order valence-electron chi connectivity index (χ4n) is 4.99. The first kappa shape index (κ1) is 21.6. The van der Waals surface area contributed by atoms with Gasteiger partial charge in [0.05, 0.1) is 0 Å². The van der Waals surface area contributed by atoms with E-state index in [2.05, 4.69) is 5.32 Å². The molecule has 2 saturated carbocycles. The summed E-state index contributed by atoms with van der Waals surface area (Å²) < 4.78 is 5.28. The summed E-state index contributed by atoms with van der Waals surface area (Å²) >= 11 is 0. The molecule has 0 unspecified atom stereocenters. The van der Waals surface area contributed by atoms with Gasteiger partial charge in [-0.1, -0.05) is 39.0 Å². The summed E-state index contributed by atoms with van der Waals surface area (Å²) in [6.45, 7) is 3.03. The number of hydrogen-bond donors (Lipinski definition) is 1. The summed E-state index contributed by atoms with van der Waals surface area (Å²) in [6, 6.07) is -0.380. The van der Waals surface area contributed by atoms with Crippen LogP contribution in [0.4, 0.5) is 4.79 Å². The number of amides is 4. The number of urea groups is 1. The molecule has 29 heavy (non-hydrogen) atoms. The fourth-order valence-corrected chi connectivity index (χ4v) is 4.99.